The van der Waals surface area contributed by atoms with Crippen molar-refractivity contribution >= 4 is 17.7 Å². The van der Waals surface area contributed by atoms with Crippen LogP contribution >= 0.6 is 0 Å². The van der Waals surface area contributed by atoms with Crippen molar-refractivity contribution < 1.29 is 23.1 Å². The van der Waals surface area contributed by atoms with Gasteiger partial charge < -0.3 is 14.9 Å². The van der Waals surface area contributed by atoms with Gasteiger partial charge in [0.25, 0.3) is 0 Å². The van der Waals surface area contributed by atoms with Gasteiger partial charge in [0.05, 0.1) is 11.8 Å². The molecule has 1 fully saturated rings. The summed E-state index contributed by atoms with van der Waals surface area (Å²) in [6.07, 6.45) is -3.11. The zero-order chi connectivity index (χ0) is 15.8. The van der Waals surface area contributed by atoms with Crippen LogP contribution < -0.4 is 9.80 Å². The first-order valence-electron chi connectivity index (χ1n) is 6.25. The Morgan fingerprint density at radius 3 is 2.57 bits per heavy atom. The van der Waals surface area contributed by atoms with E-state index >= 15 is 0 Å². The van der Waals surface area contributed by atoms with Gasteiger partial charge in [-0.05, 0) is 6.07 Å². The van der Waals surface area contributed by atoms with Crippen LogP contribution in [0.5, 0.6) is 0 Å². The molecule has 1 aliphatic rings. The van der Waals surface area contributed by atoms with Crippen LogP contribution in [0.3, 0.4) is 0 Å². The molecule has 1 saturated heterocycles. The average Bonchev–Trinajstić information content (AvgIpc) is 2.84. The van der Waals surface area contributed by atoms with Crippen molar-refractivity contribution in [2.75, 3.05) is 37.0 Å². The van der Waals surface area contributed by atoms with Gasteiger partial charge in [0.1, 0.15) is 5.82 Å². The fourth-order valence-corrected chi connectivity index (χ4v) is 2.30. The third kappa shape index (κ3) is 3.17. The zero-order valence-corrected chi connectivity index (χ0v) is 11.5. The highest BCUT2D eigenvalue weighted by Gasteiger charge is 2.52. The molecule has 6 nitrogen and oxygen atoms in total. The van der Waals surface area contributed by atoms with E-state index in [4.69, 9.17) is 5.11 Å². The second-order valence-electron chi connectivity index (χ2n) is 5.11. The molecule has 21 heavy (non-hydrogen) atoms. The highest BCUT2D eigenvalue weighted by Crippen LogP contribution is 2.39. The van der Waals surface area contributed by atoms with E-state index in [-0.39, 0.29) is 6.54 Å². The minimum atomic E-state index is -4.55. The molecule has 0 unspecified atom stereocenters. The predicted octanol–water partition coefficient (Wildman–Crippen LogP) is 1.24. The van der Waals surface area contributed by atoms with Gasteiger partial charge in [-0.3, -0.25) is 4.79 Å². The number of carboxylic acid groups (broad SMARTS) is 1. The molecular formula is C12H15F3N4O2. The number of carboxylic acids is 1. The SMILES string of the molecule is CN(C)c1nccc(N2C[C@@H](C(F)(F)F)[C@H](C(=O)O)C2)n1. The third-order valence-corrected chi connectivity index (χ3v) is 3.41. The van der Waals surface area contributed by atoms with Gasteiger partial charge >= 0.3 is 12.1 Å². The van der Waals surface area contributed by atoms with Gasteiger partial charge in [-0.1, -0.05) is 0 Å². The van der Waals surface area contributed by atoms with E-state index in [0.717, 1.165) is 0 Å². The normalized spacial score (nSPS) is 22.4. The lowest BCUT2D eigenvalue weighted by Gasteiger charge is -2.20. The first-order chi connectivity index (χ1) is 9.70. The fourth-order valence-electron chi connectivity index (χ4n) is 2.30. The van der Waals surface area contributed by atoms with Gasteiger partial charge in [0.15, 0.2) is 0 Å². The smallest absolute Gasteiger partial charge is 0.394 e. The summed E-state index contributed by atoms with van der Waals surface area (Å²) in [5.41, 5.74) is 0. The standard InChI is InChI=1S/C12H15F3N4O2/c1-18(2)11-16-4-3-9(17-11)19-5-7(10(20)21)8(6-19)12(13,14)15/h3-4,7-8H,5-6H2,1-2H3,(H,20,21)/t7-,8-/m1/s1. The van der Waals surface area contributed by atoms with E-state index in [1.165, 1.54) is 17.2 Å². The molecule has 0 amide bonds. The lowest BCUT2D eigenvalue weighted by atomic mass is 9.96. The highest BCUT2D eigenvalue weighted by molar-refractivity contribution is 5.72. The molecule has 2 atom stereocenters. The van der Waals surface area contributed by atoms with Crippen LogP contribution in [0.1, 0.15) is 0 Å². The maximum atomic E-state index is 12.9. The first kappa shape index (κ1) is 15.3. The van der Waals surface area contributed by atoms with Crippen LogP contribution in [0.25, 0.3) is 0 Å². The summed E-state index contributed by atoms with van der Waals surface area (Å²) < 4.78 is 38.8. The summed E-state index contributed by atoms with van der Waals surface area (Å²) in [4.78, 5) is 22.1. The topological polar surface area (TPSA) is 69.6 Å². The Bertz CT molecular complexity index is 535. The molecule has 116 valence electrons. The molecule has 0 saturated carbocycles. The second-order valence-corrected chi connectivity index (χ2v) is 5.11. The summed E-state index contributed by atoms with van der Waals surface area (Å²) >= 11 is 0. The van der Waals surface area contributed by atoms with Gasteiger partial charge in [-0.2, -0.15) is 18.2 Å². The summed E-state index contributed by atoms with van der Waals surface area (Å²) in [5, 5.41) is 8.99. The highest BCUT2D eigenvalue weighted by atomic mass is 19.4. The van der Waals surface area contributed by atoms with Crippen molar-refractivity contribution in [3.63, 3.8) is 0 Å². The van der Waals surface area contributed by atoms with Crippen molar-refractivity contribution in [1.29, 1.82) is 0 Å². The zero-order valence-electron chi connectivity index (χ0n) is 11.5. The maximum Gasteiger partial charge on any atom is 0.394 e. The summed E-state index contributed by atoms with van der Waals surface area (Å²) in [6, 6.07) is 1.48. The van der Waals surface area contributed by atoms with E-state index in [1.807, 2.05) is 0 Å². The molecule has 0 spiro atoms. The summed E-state index contributed by atoms with van der Waals surface area (Å²) in [7, 11) is 3.42. The molecule has 1 aromatic rings. The number of aromatic nitrogens is 2. The molecule has 0 aliphatic carbocycles. The molecule has 1 aromatic heterocycles. The van der Waals surface area contributed by atoms with Crippen LogP contribution in [0.2, 0.25) is 0 Å². The minimum absolute atomic E-state index is 0.219. The number of halogens is 3. The molecule has 1 N–H and O–H groups in total. The predicted molar refractivity (Wildman–Crippen MR) is 69.2 cm³/mol. The maximum absolute atomic E-state index is 12.9. The molecule has 0 aromatic carbocycles. The molecule has 0 bridgehead atoms. The Morgan fingerprint density at radius 2 is 2.10 bits per heavy atom. The van der Waals surface area contributed by atoms with Crippen molar-refractivity contribution in [2.45, 2.75) is 6.18 Å². The van der Waals surface area contributed by atoms with Crippen LogP contribution in [0.15, 0.2) is 12.3 Å². The van der Waals surface area contributed by atoms with Crippen LogP contribution in [0.4, 0.5) is 24.9 Å². The molecule has 2 heterocycles. The Labute approximate surface area is 119 Å². The van der Waals surface area contributed by atoms with Gasteiger partial charge in [0, 0.05) is 33.4 Å². The van der Waals surface area contributed by atoms with Gasteiger partial charge in [0.2, 0.25) is 5.95 Å². The summed E-state index contributed by atoms with van der Waals surface area (Å²) in [6.45, 7) is -0.631. The molecule has 9 heteroatoms. The van der Waals surface area contributed by atoms with E-state index in [1.54, 1.807) is 19.0 Å². The van der Waals surface area contributed by atoms with Gasteiger partial charge in [-0.15, -0.1) is 0 Å². The van der Waals surface area contributed by atoms with Crippen molar-refractivity contribution in [1.82, 2.24) is 9.97 Å². The number of hydrogen-bond acceptors (Lipinski definition) is 5. The van der Waals surface area contributed by atoms with E-state index in [2.05, 4.69) is 9.97 Å². The number of anilines is 2. The second kappa shape index (κ2) is 5.38. The quantitative estimate of drug-likeness (QED) is 0.906. The van der Waals surface area contributed by atoms with Crippen molar-refractivity contribution in [3.05, 3.63) is 12.3 Å². The third-order valence-electron chi connectivity index (χ3n) is 3.41. The molecular weight excluding hydrogens is 289 g/mol. The largest absolute Gasteiger partial charge is 0.481 e. The number of alkyl halides is 3. The molecule has 0 radical (unpaired) electrons. The van der Waals surface area contributed by atoms with Crippen LogP contribution in [0, 0.1) is 11.8 Å². The van der Waals surface area contributed by atoms with E-state index in [0.29, 0.717) is 11.8 Å². The van der Waals surface area contributed by atoms with E-state index < -0.39 is 30.5 Å². The number of nitrogens with zero attached hydrogens (tertiary/aromatic N) is 4. The molecule has 1 aliphatic heterocycles. The minimum Gasteiger partial charge on any atom is -0.481 e. The Kier molecular flexibility index (Phi) is 3.93. The number of aliphatic carboxylic acids is 1. The van der Waals surface area contributed by atoms with Crippen LogP contribution in [-0.4, -0.2) is 54.4 Å². The van der Waals surface area contributed by atoms with E-state index in [9.17, 15) is 18.0 Å². The molecule has 2 rings (SSSR count). The Hall–Kier alpha value is -2.06. The monoisotopic (exact) mass is 304 g/mol. The average molecular weight is 304 g/mol. The summed E-state index contributed by atoms with van der Waals surface area (Å²) in [5.74, 6) is -4.17. The van der Waals surface area contributed by atoms with Crippen molar-refractivity contribution in [2.24, 2.45) is 11.8 Å². The lowest BCUT2D eigenvalue weighted by Crippen LogP contribution is -2.33. The van der Waals surface area contributed by atoms with Crippen LogP contribution in [-0.2, 0) is 4.79 Å². The number of hydrogen-bond donors (Lipinski definition) is 1. The Balaban J connectivity index is 2.27. The fraction of sp³-hybridized carbons (Fsp3) is 0.583. The Morgan fingerprint density at radius 1 is 1.43 bits per heavy atom. The van der Waals surface area contributed by atoms with Crippen molar-refractivity contribution in [3.8, 4) is 0 Å². The lowest BCUT2D eigenvalue weighted by molar-refractivity contribution is -0.187. The first-order valence-corrected chi connectivity index (χ1v) is 6.25. The van der Waals surface area contributed by atoms with Gasteiger partial charge in [-0.25, -0.2) is 4.98 Å². The number of carbonyl (C=O) groups is 1. The number of rotatable bonds is 3.